The molecule has 1 amide bonds. The lowest BCUT2D eigenvalue weighted by molar-refractivity contribution is -0.126. The van der Waals surface area contributed by atoms with Crippen LogP contribution in [0.4, 0.5) is 0 Å². The number of allylic oxidation sites excluding steroid dienone is 1. The zero-order valence-corrected chi connectivity index (χ0v) is 12.4. The molecule has 110 valence electrons. The third kappa shape index (κ3) is 3.33. The number of hydrogen-bond donors (Lipinski definition) is 0. The monoisotopic (exact) mass is 274 g/mol. The van der Waals surface area contributed by atoms with Crippen molar-refractivity contribution in [3.05, 3.63) is 36.6 Å². The highest BCUT2D eigenvalue weighted by atomic mass is 16.2. The molecule has 0 saturated carbocycles. The minimum absolute atomic E-state index is 0.186. The second-order valence-corrected chi connectivity index (χ2v) is 5.61. The summed E-state index contributed by atoms with van der Waals surface area (Å²) in [5.74, 6) is 0.186. The molecule has 0 N–H and O–H groups in total. The second kappa shape index (κ2) is 7.32. The first-order chi connectivity index (χ1) is 9.77. The largest absolute Gasteiger partial charge is 0.374 e. The van der Waals surface area contributed by atoms with Crippen molar-refractivity contribution in [2.24, 2.45) is 0 Å². The van der Waals surface area contributed by atoms with Gasteiger partial charge in [-0.05, 0) is 38.5 Å². The molecule has 1 heterocycles. The molecular formula is C17H26N2O. The SMILES string of the molecule is C=CCN(CC=C)C(=O)C1=C(N2CCCC2)CCCC1. The highest BCUT2D eigenvalue weighted by Gasteiger charge is 2.27. The quantitative estimate of drug-likeness (QED) is 0.695. The summed E-state index contributed by atoms with van der Waals surface area (Å²) in [5.41, 5.74) is 2.36. The van der Waals surface area contributed by atoms with E-state index in [2.05, 4.69) is 18.1 Å². The van der Waals surface area contributed by atoms with Gasteiger partial charge in [-0.15, -0.1) is 13.2 Å². The predicted molar refractivity (Wildman–Crippen MR) is 83.3 cm³/mol. The smallest absolute Gasteiger partial charge is 0.252 e. The van der Waals surface area contributed by atoms with E-state index in [1.165, 1.54) is 25.0 Å². The summed E-state index contributed by atoms with van der Waals surface area (Å²) in [4.78, 5) is 17.1. The van der Waals surface area contributed by atoms with Crippen LogP contribution in [0.1, 0.15) is 38.5 Å². The van der Waals surface area contributed by atoms with Gasteiger partial charge in [0, 0.05) is 37.4 Å². The maximum absolute atomic E-state index is 12.8. The van der Waals surface area contributed by atoms with Crippen LogP contribution in [0.2, 0.25) is 0 Å². The molecule has 0 aromatic carbocycles. The van der Waals surface area contributed by atoms with Crippen molar-refractivity contribution in [2.45, 2.75) is 38.5 Å². The fraction of sp³-hybridized carbons (Fsp3) is 0.588. The standard InChI is InChI=1S/C17H26N2O/c1-3-11-19(12-4-2)17(20)15-9-5-6-10-16(15)18-13-7-8-14-18/h3-4H,1-2,5-14H2. The Balaban J connectivity index is 2.21. The van der Waals surface area contributed by atoms with E-state index in [0.29, 0.717) is 13.1 Å². The summed E-state index contributed by atoms with van der Waals surface area (Å²) in [6.45, 7) is 10.9. The number of amides is 1. The maximum Gasteiger partial charge on any atom is 0.252 e. The topological polar surface area (TPSA) is 23.6 Å². The van der Waals surface area contributed by atoms with E-state index in [1.807, 2.05) is 4.90 Å². The summed E-state index contributed by atoms with van der Waals surface area (Å²) in [6.07, 6.45) is 10.4. The van der Waals surface area contributed by atoms with Gasteiger partial charge in [0.2, 0.25) is 0 Å². The Labute approximate surface area is 122 Å². The number of rotatable bonds is 6. The van der Waals surface area contributed by atoms with Gasteiger partial charge in [0.25, 0.3) is 5.91 Å². The average molecular weight is 274 g/mol. The van der Waals surface area contributed by atoms with E-state index in [0.717, 1.165) is 37.9 Å². The van der Waals surface area contributed by atoms with Gasteiger partial charge in [-0.1, -0.05) is 12.2 Å². The van der Waals surface area contributed by atoms with Crippen molar-refractivity contribution in [3.8, 4) is 0 Å². The third-order valence-corrected chi connectivity index (χ3v) is 4.17. The van der Waals surface area contributed by atoms with Gasteiger partial charge in [0.1, 0.15) is 0 Å². The molecule has 0 atom stereocenters. The van der Waals surface area contributed by atoms with E-state index in [9.17, 15) is 4.79 Å². The van der Waals surface area contributed by atoms with Crippen molar-refractivity contribution in [2.75, 3.05) is 26.2 Å². The highest BCUT2D eigenvalue weighted by Crippen LogP contribution is 2.30. The molecule has 0 bridgehead atoms. The molecule has 1 aliphatic heterocycles. The van der Waals surface area contributed by atoms with E-state index in [1.54, 1.807) is 12.2 Å². The Morgan fingerprint density at radius 1 is 1.05 bits per heavy atom. The second-order valence-electron chi connectivity index (χ2n) is 5.61. The Kier molecular flexibility index (Phi) is 5.45. The van der Waals surface area contributed by atoms with Gasteiger partial charge in [-0.2, -0.15) is 0 Å². The fourth-order valence-electron chi connectivity index (χ4n) is 3.20. The van der Waals surface area contributed by atoms with Crippen LogP contribution in [0.15, 0.2) is 36.6 Å². The summed E-state index contributed by atoms with van der Waals surface area (Å²) in [6, 6.07) is 0. The van der Waals surface area contributed by atoms with E-state index in [4.69, 9.17) is 0 Å². The predicted octanol–water partition coefficient (Wildman–Crippen LogP) is 3.11. The van der Waals surface area contributed by atoms with Gasteiger partial charge in [0.05, 0.1) is 0 Å². The van der Waals surface area contributed by atoms with Gasteiger partial charge in [-0.25, -0.2) is 0 Å². The van der Waals surface area contributed by atoms with Gasteiger partial charge < -0.3 is 9.80 Å². The van der Waals surface area contributed by atoms with Crippen LogP contribution >= 0.6 is 0 Å². The Morgan fingerprint density at radius 2 is 1.65 bits per heavy atom. The van der Waals surface area contributed by atoms with Crippen LogP contribution in [-0.4, -0.2) is 41.9 Å². The summed E-state index contributed by atoms with van der Waals surface area (Å²) in [5, 5.41) is 0. The van der Waals surface area contributed by atoms with Crippen LogP contribution < -0.4 is 0 Å². The molecule has 0 radical (unpaired) electrons. The molecule has 3 heteroatoms. The van der Waals surface area contributed by atoms with Crippen LogP contribution in [0, 0.1) is 0 Å². The highest BCUT2D eigenvalue weighted by molar-refractivity contribution is 5.94. The first kappa shape index (κ1) is 14.9. The van der Waals surface area contributed by atoms with Crippen LogP contribution in [0.25, 0.3) is 0 Å². The number of carbonyl (C=O) groups excluding carboxylic acids is 1. The van der Waals surface area contributed by atoms with E-state index < -0.39 is 0 Å². The summed E-state index contributed by atoms with van der Waals surface area (Å²) < 4.78 is 0. The molecule has 3 nitrogen and oxygen atoms in total. The molecule has 20 heavy (non-hydrogen) atoms. The molecule has 1 saturated heterocycles. The Morgan fingerprint density at radius 3 is 2.25 bits per heavy atom. The van der Waals surface area contributed by atoms with Crippen LogP contribution in [0.5, 0.6) is 0 Å². The average Bonchev–Trinajstić information content (AvgIpc) is 3.00. The number of likely N-dealkylation sites (tertiary alicyclic amines) is 1. The fourth-order valence-corrected chi connectivity index (χ4v) is 3.20. The third-order valence-electron chi connectivity index (χ3n) is 4.17. The molecule has 0 aromatic rings. The van der Waals surface area contributed by atoms with Gasteiger partial charge in [-0.3, -0.25) is 4.79 Å². The molecule has 2 aliphatic rings. The molecule has 0 aromatic heterocycles. The Bertz CT molecular complexity index is 395. The van der Waals surface area contributed by atoms with Crippen molar-refractivity contribution in [1.82, 2.24) is 9.80 Å². The lowest BCUT2D eigenvalue weighted by Crippen LogP contribution is -2.35. The van der Waals surface area contributed by atoms with Crippen molar-refractivity contribution >= 4 is 5.91 Å². The van der Waals surface area contributed by atoms with Gasteiger partial charge in [0.15, 0.2) is 0 Å². The molecule has 0 unspecified atom stereocenters. The van der Waals surface area contributed by atoms with Crippen LogP contribution in [-0.2, 0) is 4.79 Å². The summed E-state index contributed by atoms with van der Waals surface area (Å²) in [7, 11) is 0. The molecule has 2 rings (SSSR count). The molecular weight excluding hydrogens is 248 g/mol. The number of hydrogen-bond acceptors (Lipinski definition) is 2. The van der Waals surface area contributed by atoms with Gasteiger partial charge >= 0.3 is 0 Å². The Hall–Kier alpha value is -1.51. The minimum Gasteiger partial charge on any atom is -0.374 e. The number of carbonyl (C=O) groups is 1. The normalized spacial score (nSPS) is 19.1. The van der Waals surface area contributed by atoms with Crippen molar-refractivity contribution in [1.29, 1.82) is 0 Å². The van der Waals surface area contributed by atoms with Crippen LogP contribution in [0.3, 0.4) is 0 Å². The minimum atomic E-state index is 0.186. The van der Waals surface area contributed by atoms with E-state index >= 15 is 0 Å². The molecule has 1 fully saturated rings. The first-order valence-electron chi connectivity index (χ1n) is 7.76. The molecule has 1 aliphatic carbocycles. The maximum atomic E-state index is 12.8. The molecule has 0 spiro atoms. The summed E-state index contributed by atoms with van der Waals surface area (Å²) >= 11 is 0. The van der Waals surface area contributed by atoms with Crippen molar-refractivity contribution < 1.29 is 4.79 Å². The zero-order valence-electron chi connectivity index (χ0n) is 12.4. The van der Waals surface area contributed by atoms with Crippen molar-refractivity contribution in [3.63, 3.8) is 0 Å². The van der Waals surface area contributed by atoms with E-state index in [-0.39, 0.29) is 5.91 Å². The zero-order chi connectivity index (χ0) is 14.4. The first-order valence-corrected chi connectivity index (χ1v) is 7.76. The number of nitrogens with zero attached hydrogens (tertiary/aromatic N) is 2. The lowest BCUT2D eigenvalue weighted by Gasteiger charge is -2.31. The lowest BCUT2D eigenvalue weighted by atomic mass is 9.94.